The Kier molecular flexibility index (Phi) is 6.63. The van der Waals surface area contributed by atoms with E-state index in [-0.39, 0.29) is 24.7 Å². The molecule has 0 atom stereocenters. The monoisotopic (exact) mass is 395 g/mol. The van der Waals surface area contributed by atoms with Gasteiger partial charge in [0.1, 0.15) is 5.82 Å². The quantitative estimate of drug-likeness (QED) is 0.763. The molecule has 0 unspecified atom stereocenters. The summed E-state index contributed by atoms with van der Waals surface area (Å²) in [5.74, 6) is 4.13. The third kappa shape index (κ3) is 5.66. The minimum Gasteiger partial charge on any atom is -0.481 e. The Balaban J connectivity index is 1.63. The summed E-state index contributed by atoms with van der Waals surface area (Å²) in [4.78, 5) is 23.7. The fourth-order valence-corrected chi connectivity index (χ4v) is 3.32. The lowest BCUT2D eigenvalue weighted by Crippen LogP contribution is -2.42. The van der Waals surface area contributed by atoms with Gasteiger partial charge in [-0.3, -0.25) is 9.59 Å². The smallest absolute Gasteiger partial charge is 0.303 e. The molecule has 29 heavy (non-hydrogen) atoms. The number of ether oxygens (including phenoxy) is 1. The van der Waals surface area contributed by atoms with Gasteiger partial charge in [-0.25, -0.2) is 4.39 Å². The minimum atomic E-state index is -0.876. The summed E-state index contributed by atoms with van der Waals surface area (Å²) >= 11 is 0. The van der Waals surface area contributed by atoms with Gasteiger partial charge in [0.05, 0.1) is 12.0 Å². The first-order valence-corrected chi connectivity index (χ1v) is 9.42. The van der Waals surface area contributed by atoms with Crippen LogP contribution in [-0.4, -0.2) is 36.7 Å². The Morgan fingerprint density at radius 3 is 2.41 bits per heavy atom. The molecule has 1 aliphatic heterocycles. The van der Waals surface area contributed by atoms with E-state index in [0.717, 1.165) is 0 Å². The van der Waals surface area contributed by atoms with Gasteiger partial charge in [0.2, 0.25) is 0 Å². The molecule has 2 aromatic rings. The summed E-state index contributed by atoms with van der Waals surface area (Å²) in [6, 6.07) is 13.0. The fourth-order valence-electron chi connectivity index (χ4n) is 3.32. The van der Waals surface area contributed by atoms with Crippen LogP contribution in [0.5, 0.6) is 0 Å². The van der Waals surface area contributed by atoms with Crippen molar-refractivity contribution in [3.63, 3.8) is 0 Å². The molecule has 6 heteroatoms. The molecule has 1 aliphatic rings. The van der Waals surface area contributed by atoms with Gasteiger partial charge in [0.15, 0.2) is 0 Å². The van der Waals surface area contributed by atoms with Crippen LogP contribution >= 0.6 is 0 Å². The highest BCUT2D eigenvalue weighted by atomic mass is 19.1. The molecule has 1 heterocycles. The Morgan fingerprint density at radius 1 is 1.07 bits per heavy atom. The van der Waals surface area contributed by atoms with E-state index in [4.69, 9.17) is 4.74 Å². The first-order valence-electron chi connectivity index (χ1n) is 9.42. The standard InChI is InChI=1S/C23H22FNO4/c24-20-4-2-1-3-18(20)8-5-17-6-9-19(10-7-17)22(28)25-16-23(15-21(26)27)11-13-29-14-12-23/h1-4,6-7,9-10H,11-16H2,(H,25,28)(H,26,27). The molecule has 1 saturated heterocycles. The van der Waals surface area contributed by atoms with Gasteiger partial charge in [-0.15, -0.1) is 0 Å². The highest BCUT2D eigenvalue weighted by Gasteiger charge is 2.35. The van der Waals surface area contributed by atoms with Crippen LogP contribution < -0.4 is 5.32 Å². The van der Waals surface area contributed by atoms with Gasteiger partial charge < -0.3 is 15.2 Å². The van der Waals surface area contributed by atoms with E-state index in [1.165, 1.54) is 6.07 Å². The molecule has 5 nitrogen and oxygen atoms in total. The van der Waals surface area contributed by atoms with Gasteiger partial charge >= 0.3 is 5.97 Å². The molecule has 0 aromatic heterocycles. The first kappa shape index (κ1) is 20.6. The van der Waals surface area contributed by atoms with Crippen molar-refractivity contribution in [1.82, 2.24) is 5.32 Å². The fraction of sp³-hybridized carbons (Fsp3) is 0.304. The van der Waals surface area contributed by atoms with Crippen LogP contribution in [0.4, 0.5) is 4.39 Å². The zero-order valence-corrected chi connectivity index (χ0v) is 15.9. The third-order valence-electron chi connectivity index (χ3n) is 5.07. The third-order valence-corrected chi connectivity index (χ3v) is 5.07. The molecule has 0 spiro atoms. The second-order valence-corrected chi connectivity index (χ2v) is 7.17. The maximum Gasteiger partial charge on any atom is 0.303 e. The molecular formula is C23H22FNO4. The van der Waals surface area contributed by atoms with Gasteiger partial charge in [0, 0.05) is 36.3 Å². The Bertz CT molecular complexity index is 937. The number of aliphatic carboxylic acids is 1. The predicted octanol–water partition coefficient (Wildman–Crippen LogP) is 3.23. The molecule has 3 rings (SSSR count). The lowest BCUT2D eigenvalue weighted by molar-refractivity contribution is -0.141. The molecule has 2 aromatic carbocycles. The normalized spacial score (nSPS) is 15.1. The van der Waals surface area contributed by atoms with Crippen molar-refractivity contribution in [2.75, 3.05) is 19.8 Å². The molecule has 0 aliphatic carbocycles. The van der Waals surface area contributed by atoms with Crippen molar-refractivity contribution in [2.45, 2.75) is 19.3 Å². The zero-order chi connectivity index (χ0) is 20.7. The summed E-state index contributed by atoms with van der Waals surface area (Å²) in [5, 5.41) is 12.1. The summed E-state index contributed by atoms with van der Waals surface area (Å²) < 4.78 is 18.9. The summed E-state index contributed by atoms with van der Waals surface area (Å²) in [7, 11) is 0. The highest BCUT2D eigenvalue weighted by molar-refractivity contribution is 5.94. The number of halogens is 1. The van der Waals surface area contributed by atoms with Crippen molar-refractivity contribution in [3.05, 3.63) is 71.0 Å². The van der Waals surface area contributed by atoms with Crippen molar-refractivity contribution in [3.8, 4) is 11.8 Å². The summed E-state index contributed by atoms with van der Waals surface area (Å²) in [5.41, 5.74) is 0.954. The maximum atomic E-state index is 13.6. The Hall–Kier alpha value is -3.17. The lowest BCUT2D eigenvalue weighted by Gasteiger charge is -2.36. The van der Waals surface area contributed by atoms with Gasteiger partial charge in [-0.1, -0.05) is 24.0 Å². The van der Waals surface area contributed by atoms with Crippen LogP contribution in [-0.2, 0) is 9.53 Å². The van der Waals surface area contributed by atoms with Gasteiger partial charge in [0.25, 0.3) is 5.91 Å². The molecule has 0 bridgehead atoms. The molecule has 1 amide bonds. The van der Waals surface area contributed by atoms with E-state index in [1.54, 1.807) is 42.5 Å². The molecule has 0 saturated carbocycles. The Labute approximate surface area is 168 Å². The van der Waals surface area contributed by atoms with Crippen LogP contribution in [0.2, 0.25) is 0 Å². The minimum absolute atomic E-state index is 0.00120. The zero-order valence-electron chi connectivity index (χ0n) is 15.9. The molecular weight excluding hydrogens is 373 g/mol. The molecule has 1 fully saturated rings. The van der Waals surface area contributed by atoms with E-state index < -0.39 is 11.4 Å². The molecule has 2 N–H and O–H groups in total. The maximum absolute atomic E-state index is 13.6. The van der Waals surface area contributed by atoms with E-state index in [9.17, 15) is 19.1 Å². The van der Waals surface area contributed by atoms with Crippen molar-refractivity contribution >= 4 is 11.9 Å². The van der Waals surface area contributed by atoms with Gasteiger partial charge in [-0.2, -0.15) is 0 Å². The first-order chi connectivity index (χ1) is 14.0. The number of carbonyl (C=O) groups excluding carboxylic acids is 1. The average Bonchev–Trinajstić information content (AvgIpc) is 2.72. The number of hydrogen-bond acceptors (Lipinski definition) is 3. The number of rotatable bonds is 5. The number of hydrogen-bond donors (Lipinski definition) is 2. The van der Waals surface area contributed by atoms with Crippen LogP contribution in [0.3, 0.4) is 0 Å². The second-order valence-electron chi connectivity index (χ2n) is 7.17. The van der Waals surface area contributed by atoms with E-state index in [0.29, 0.717) is 42.7 Å². The van der Waals surface area contributed by atoms with E-state index >= 15 is 0 Å². The number of carboxylic acids is 1. The van der Waals surface area contributed by atoms with E-state index in [2.05, 4.69) is 17.2 Å². The average molecular weight is 395 g/mol. The topological polar surface area (TPSA) is 75.6 Å². The lowest BCUT2D eigenvalue weighted by atomic mass is 9.77. The summed E-state index contributed by atoms with van der Waals surface area (Å²) in [6.45, 7) is 1.29. The largest absolute Gasteiger partial charge is 0.481 e. The van der Waals surface area contributed by atoms with Crippen molar-refractivity contribution < 1.29 is 23.8 Å². The molecule has 0 radical (unpaired) electrons. The SMILES string of the molecule is O=C(O)CC1(CNC(=O)c2ccc(C#Cc3ccccc3F)cc2)CCOCC1. The molecule has 150 valence electrons. The van der Waals surface area contributed by atoms with Gasteiger partial charge in [-0.05, 0) is 49.2 Å². The van der Waals surface area contributed by atoms with E-state index in [1.807, 2.05) is 0 Å². The van der Waals surface area contributed by atoms with Crippen molar-refractivity contribution in [2.24, 2.45) is 5.41 Å². The summed E-state index contributed by atoms with van der Waals surface area (Å²) in [6.07, 6.45) is 1.20. The number of benzene rings is 2. The van der Waals surface area contributed by atoms with Crippen molar-refractivity contribution in [1.29, 1.82) is 0 Å². The van der Waals surface area contributed by atoms with Crippen LogP contribution in [0.15, 0.2) is 48.5 Å². The Morgan fingerprint density at radius 2 is 1.76 bits per heavy atom. The predicted molar refractivity (Wildman–Crippen MR) is 106 cm³/mol. The van der Waals surface area contributed by atoms with Crippen LogP contribution in [0, 0.1) is 23.1 Å². The second kappa shape index (κ2) is 9.35. The number of carbonyl (C=O) groups is 2. The number of carboxylic acid groups (broad SMARTS) is 1. The number of amides is 1. The number of nitrogens with one attached hydrogen (secondary N) is 1. The van der Waals surface area contributed by atoms with Crippen LogP contribution in [0.1, 0.15) is 40.7 Å². The van der Waals surface area contributed by atoms with Crippen LogP contribution in [0.25, 0.3) is 0 Å². The highest BCUT2D eigenvalue weighted by Crippen LogP contribution is 2.33.